The Labute approximate surface area is 143 Å². The van der Waals surface area contributed by atoms with Crippen LogP contribution >= 0.6 is 0 Å². The van der Waals surface area contributed by atoms with E-state index in [1.807, 2.05) is 37.3 Å². The van der Waals surface area contributed by atoms with Crippen molar-refractivity contribution in [1.29, 1.82) is 0 Å². The highest BCUT2D eigenvalue weighted by molar-refractivity contribution is 6.20. The van der Waals surface area contributed by atoms with E-state index in [2.05, 4.69) is 11.6 Å². The summed E-state index contributed by atoms with van der Waals surface area (Å²) in [5, 5.41) is 9.87. The highest BCUT2D eigenvalue weighted by atomic mass is 16.5. The Morgan fingerprint density at radius 1 is 1.38 bits per heavy atom. The molecule has 0 saturated carbocycles. The standard InChI is InChI=1S/C19H25NO4/c1-5-11-20-18(17(15(3)21)19(22)23-4)14(2)12-24-13-16-9-7-6-8-10-16/h5-10,14,21H,1,11-13H2,2-4H3/b17-15+,20-18?. The Hall–Kier alpha value is -2.40. The topological polar surface area (TPSA) is 68.1 Å². The summed E-state index contributed by atoms with van der Waals surface area (Å²) in [7, 11) is 1.27. The number of hydrogen-bond acceptors (Lipinski definition) is 5. The zero-order valence-corrected chi connectivity index (χ0v) is 14.5. The molecule has 0 radical (unpaired) electrons. The maximum Gasteiger partial charge on any atom is 0.343 e. The maximum atomic E-state index is 12.0. The molecule has 0 aliphatic rings. The number of hydrogen-bond donors (Lipinski definition) is 1. The molecule has 0 aliphatic carbocycles. The minimum atomic E-state index is -0.618. The SMILES string of the molecule is C=CCN=C(/C(C(=O)OC)=C(/C)O)C(C)COCc1ccccc1. The number of carbonyl (C=O) groups is 1. The van der Waals surface area contributed by atoms with E-state index < -0.39 is 5.97 Å². The summed E-state index contributed by atoms with van der Waals surface area (Å²) in [6.45, 7) is 8.12. The molecule has 1 atom stereocenters. The van der Waals surface area contributed by atoms with Crippen molar-refractivity contribution < 1.29 is 19.4 Å². The van der Waals surface area contributed by atoms with Crippen LogP contribution < -0.4 is 0 Å². The third-order valence-electron chi connectivity index (χ3n) is 3.34. The summed E-state index contributed by atoms with van der Waals surface area (Å²) in [4.78, 5) is 16.3. The zero-order valence-electron chi connectivity index (χ0n) is 14.5. The summed E-state index contributed by atoms with van der Waals surface area (Å²) in [6, 6.07) is 9.81. The molecule has 0 heterocycles. The second-order valence-corrected chi connectivity index (χ2v) is 5.37. The van der Waals surface area contributed by atoms with Crippen molar-refractivity contribution in [3.8, 4) is 0 Å². The molecule has 0 fully saturated rings. The molecule has 1 rings (SSSR count). The maximum absolute atomic E-state index is 12.0. The second-order valence-electron chi connectivity index (χ2n) is 5.37. The highest BCUT2D eigenvalue weighted by Crippen LogP contribution is 2.15. The third kappa shape index (κ3) is 6.01. The Balaban J connectivity index is 2.85. The molecule has 130 valence electrons. The summed E-state index contributed by atoms with van der Waals surface area (Å²) in [5.74, 6) is -0.933. The van der Waals surface area contributed by atoms with Crippen LogP contribution in [0.3, 0.4) is 0 Å². The van der Waals surface area contributed by atoms with E-state index >= 15 is 0 Å². The second kappa shape index (κ2) is 10.4. The average Bonchev–Trinajstić information content (AvgIpc) is 2.58. The van der Waals surface area contributed by atoms with E-state index in [1.54, 1.807) is 6.08 Å². The molecule has 1 N–H and O–H groups in total. The Morgan fingerprint density at radius 2 is 2.04 bits per heavy atom. The largest absolute Gasteiger partial charge is 0.512 e. The van der Waals surface area contributed by atoms with E-state index in [4.69, 9.17) is 9.47 Å². The van der Waals surface area contributed by atoms with Gasteiger partial charge in [0, 0.05) is 5.92 Å². The van der Waals surface area contributed by atoms with Crippen LogP contribution in [0.5, 0.6) is 0 Å². The number of esters is 1. The van der Waals surface area contributed by atoms with Gasteiger partial charge in [-0.05, 0) is 12.5 Å². The van der Waals surface area contributed by atoms with Crippen LogP contribution in [-0.2, 0) is 20.9 Å². The fourth-order valence-electron chi connectivity index (χ4n) is 2.19. The Kier molecular flexibility index (Phi) is 8.50. The molecule has 1 unspecified atom stereocenters. The van der Waals surface area contributed by atoms with Crippen LogP contribution in [0.15, 0.2) is 59.3 Å². The molecule has 24 heavy (non-hydrogen) atoms. The van der Waals surface area contributed by atoms with Crippen LogP contribution in [0.2, 0.25) is 0 Å². The number of nitrogens with zero attached hydrogens (tertiary/aromatic N) is 1. The fourth-order valence-corrected chi connectivity index (χ4v) is 2.19. The van der Waals surface area contributed by atoms with Gasteiger partial charge >= 0.3 is 5.97 Å². The van der Waals surface area contributed by atoms with Crippen LogP contribution in [0.4, 0.5) is 0 Å². The predicted molar refractivity (Wildman–Crippen MR) is 95.1 cm³/mol. The van der Waals surface area contributed by atoms with E-state index in [0.29, 0.717) is 25.5 Å². The summed E-state index contributed by atoms with van der Waals surface area (Å²) in [5.41, 5.74) is 1.60. The monoisotopic (exact) mass is 331 g/mol. The van der Waals surface area contributed by atoms with Crippen molar-refractivity contribution >= 4 is 11.7 Å². The molecule has 0 saturated heterocycles. The number of aliphatic hydroxyl groups is 1. The number of benzene rings is 1. The number of allylic oxidation sites excluding steroid dienone is 1. The van der Waals surface area contributed by atoms with Gasteiger partial charge in [-0.2, -0.15) is 0 Å². The molecular weight excluding hydrogens is 306 g/mol. The van der Waals surface area contributed by atoms with Crippen molar-refractivity contribution in [2.75, 3.05) is 20.3 Å². The first kappa shape index (κ1) is 19.6. The van der Waals surface area contributed by atoms with Crippen molar-refractivity contribution in [3.63, 3.8) is 0 Å². The first-order valence-electron chi connectivity index (χ1n) is 7.76. The van der Waals surface area contributed by atoms with Crippen molar-refractivity contribution in [3.05, 3.63) is 59.9 Å². The number of methoxy groups -OCH3 is 1. The van der Waals surface area contributed by atoms with Gasteiger partial charge in [0.15, 0.2) is 0 Å². The van der Waals surface area contributed by atoms with Gasteiger partial charge in [0.05, 0.1) is 32.6 Å². The van der Waals surface area contributed by atoms with Crippen molar-refractivity contribution in [2.45, 2.75) is 20.5 Å². The molecule has 5 nitrogen and oxygen atoms in total. The molecule has 0 aliphatic heterocycles. The minimum Gasteiger partial charge on any atom is -0.512 e. The normalized spacial score (nSPS) is 13.9. The Morgan fingerprint density at radius 3 is 2.58 bits per heavy atom. The van der Waals surface area contributed by atoms with Crippen molar-refractivity contribution in [2.24, 2.45) is 10.9 Å². The van der Waals surface area contributed by atoms with Crippen LogP contribution in [-0.4, -0.2) is 37.0 Å². The average molecular weight is 331 g/mol. The van der Waals surface area contributed by atoms with Crippen molar-refractivity contribution in [1.82, 2.24) is 0 Å². The van der Waals surface area contributed by atoms with E-state index in [-0.39, 0.29) is 17.3 Å². The lowest BCUT2D eigenvalue weighted by atomic mass is 9.97. The molecule has 1 aromatic carbocycles. The van der Waals surface area contributed by atoms with Gasteiger partial charge in [-0.15, -0.1) is 6.58 Å². The first-order chi connectivity index (χ1) is 11.5. The number of ether oxygens (including phenoxy) is 2. The molecule has 5 heteroatoms. The molecule has 1 aromatic rings. The molecule has 0 spiro atoms. The highest BCUT2D eigenvalue weighted by Gasteiger charge is 2.25. The molecule has 0 aromatic heterocycles. The van der Waals surface area contributed by atoms with Crippen LogP contribution in [0.1, 0.15) is 19.4 Å². The van der Waals surface area contributed by atoms with Gasteiger partial charge in [-0.1, -0.05) is 43.3 Å². The lowest BCUT2D eigenvalue weighted by Crippen LogP contribution is -2.26. The van der Waals surface area contributed by atoms with Gasteiger partial charge in [0.25, 0.3) is 0 Å². The van der Waals surface area contributed by atoms with Gasteiger partial charge in [0.2, 0.25) is 0 Å². The van der Waals surface area contributed by atoms with E-state index in [0.717, 1.165) is 5.56 Å². The first-order valence-corrected chi connectivity index (χ1v) is 7.76. The summed E-state index contributed by atoms with van der Waals surface area (Å²) >= 11 is 0. The Bertz CT molecular complexity index is 601. The summed E-state index contributed by atoms with van der Waals surface area (Å²) < 4.78 is 10.5. The number of aliphatic imine (C=N–C) groups is 1. The van der Waals surface area contributed by atoms with Gasteiger partial charge in [-0.25, -0.2) is 4.79 Å². The third-order valence-corrected chi connectivity index (χ3v) is 3.34. The van der Waals surface area contributed by atoms with Crippen LogP contribution in [0.25, 0.3) is 0 Å². The lowest BCUT2D eigenvalue weighted by Gasteiger charge is -2.17. The van der Waals surface area contributed by atoms with E-state index in [1.165, 1.54) is 14.0 Å². The van der Waals surface area contributed by atoms with Gasteiger partial charge in [-0.3, -0.25) is 4.99 Å². The smallest absolute Gasteiger partial charge is 0.343 e. The minimum absolute atomic E-state index is 0.0789. The number of aliphatic hydroxyl groups excluding tert-OH is 1. The number of carbonyl (C=O) groups excluding carboxylic acids is 1. The predicted octanol–water partition coefficient (Wildman–Crippen LogP) is 3.47. The lowest BCUT2D eigenvalue weighted by molar-refractivity contribution is -0.135. The van der Waals surface area contributed by atoms with Crippen LogP contribution in [0, 0.1) is 5.92 Å². The quantitative estimate of drug-likeness (QED) is 0.247. The number of rotatable bonds is 9. The summed E-state index contributed by atoms with van der Waals surface area (Å²) in [6.07, 6.45) is 1.62. The molecular formula is C19H25NO4. The van der Waals surface area contributed by atoms with Gasteiger partial charge in [0.1, 0.15) is 11.3 Å². The van der Waals surface area contributed by atoms with Gasteiger partial charge < -0.3 is 14.6 Å². The molecule has 0 amide bonds. The van der Waals surface area contributed by atoms with E-state index in [9.17, 15) is 9.90 Å². The fraction of sp³-hybridized carbons (Fsp3) is 0.368. The molecule has 0 bridgehead atoms. The zero-order chi connectivity index (χ0) is 17.9.